The third-order valence-electron chi connectivity index (χ3n) is 4.36. The SMILES string of the molecule is COc1cc(CNC(=O)C2CCN(C(=O)c3ccco3)CC2)ccn1. The number of likely N-dealkylation sites (tertiary alicyclic amines) is 1. The summed E-state index contributed by atoms with van der Waals surface area (Å²) >= 11 is 0. The molecule has 0 radical (unpaired) electrons. The van der Waals surface area contributed by atoms with Crippen LogP contribution in [0, 0.1) is 5.92 Å². The number of carbonyl (C=O) groups is 2. The molecular weight excluding hydrogens is 322 g/mol. The summed E-state index contributed by atoms with van der Waals surface area (Å²) in [6, 6.07) is 6.99. The Morgan fingerprint density at radius 2 is 2.16 bits per heavy atom. The highest BCUT2D eigenvalue weighted by molar-refractivity contribution is 5.91. The lowest BCUT2D eigenvalue weighted by Gasteiger charge is -2.30. The van der Waals surface area contributed by atoms with Crippen molar-refractivity contribution in [1.29, 1.82) is 0 Å². The van der Waals surface area contributed by atoms with Gasteiger partial charge in [-0.25, -0.2) is 4.98 Å². The monoisotopic (exact) mass is 343 g/mol. The van der Waals surface area contributed by atoms with Gasteiger partial charge in [0.25, 0.3) is 5.91 Å². The van der Waals surface area contributed by atoms with Crippen molar-refractivity contribution < 1.29 is 18.7 Å². The molecule has 1 saturated heterocycles. The van der Waals surface area contributed by atoms with Gasteiger partial charge in [-0.1, -0.05) is 0 Å². The van der Waals surface area contributed by atoms with Gasteiger partial charge in [0.05, 0.1) is 13.4 Å². The number of nitrogens with one attached hydrogen (secondary N) is 1. The molecule has 3 rings (SSSR count). The minimum atomic E-state index is -0.118. The van der Waals surface area contributed by atoms with Crippen LogP contribution < -0.4 is 10.1 Å². The topological polar surface area (TPSA) is 84.7 Å². The molecule has 0 atom stereocenters. The lowest BCUT2D eigenvalue weighted by molar-refractivity contribution is -0.126. The highest BCUT2D eigenvalue weighted by atomic mass is 16.5. The predicted molar refractivity (Wildman–Crippen MR) is 90.0 cm³/mol. The number of carbonyl (C=O) groups excluding carboxylic acids is 2. The first-order chi connectivity index (χ1) is 12.2. The van der Waals surface area contributed by atoms with Crippen LogP contribution in [0.4, 0.5) is 0 Å². The third kappa shape index (κ3) is 4.17. The van der Waals surface area contributed by atoms with E-state index in [1.165, 1.54) is 6.26 Å². The number of piperidine rings is 1. The van der Waals surface area contributed by atoms with Gasteiger partial charge in [0, 0.05) is 37.8 Å². The average Bonchev–Trinajstić information content (AvgIpc) is 3.20. The Labute approximate surface area is 146 Å². The summed E-state index contributed by atoms with van der Waals surface area (Å²) in [6.45, 7) is 1.55. The fourth-order valence-electron chi connectivity index (χ4n) is 2.91. The molecule has 0 aliphatic carbocycles. The van der Waals surface area contributed by atoms with Gasteiger partial charge in [-0.2, -0.15) is 0 Å². The van der Waals surface area contributed by atoms with Gasteiger partial charge in [-0.05, 0) is 36.6 Å². The van der Waals surface area contributed by atoms with Crippen molar-refractivity contribution in [3.63, 3.8) is 0 Å². The molecule has 0 spiro atoms. The van der Waals surface area contributed by atoms with Crippen LogP contribution in [-0.2, 0) is 11.3 Å². The molecule has 3 heterocycles. The molecule has 0 aromatic carbocycles. The zero-order chi connectivity index (χ0) is 17.6. The zero-order valence-corrected chi connectivity index (χ0v) is 14.1. The van der Waals surface area contributed by atoms with Crippen LogP contribution in [0.5, 0.6) is 5.88 Å². The molecule has 1 aliphatic heterocycles. The number of hydrogen-bond donors (Lipinski definition) is 1. The van der Waals surface area contributed by atoms with Crippen molar-refractivity contribution in [3.05, 3.63) is 48.0 Å². The van der Waals surface area contributed by atoms with E-state index in [2.05, 4.69) is 10.3 Å². The van der Waals surface area contributed by atoms with Crippen LogP contribution in [-0.4, -0.2) is 41.9 Å². The number of ether oxygens (including phenoxy) is 1. The quantitative estimate of drug-likeness (QED) is 0.896. The Hall–Kier alpha value is -2.83. The van der Waals surface area contributed by atoms with E-state index in [-0.39, 0.29) is 17.7 Å². The number of amides is 2. The minimum absolute atomic E-state index is 0.0147. The lowest BCUT2D eigenvalue weighted by atomic mass is 9.95. The standard InChI is InChI=1S/C18H21N3O4/c1-24-16-11-13(4-7-19-16)12-20-17(22)14-5-8-21(9-6-14)18(23)15-3-2-10-25-15/h2-4,7,10-11,14H,5-6,8-9,12H2,1H3,(H,20,22). The van der Waals surface area contributed by atoms with E-state index in [0.29, 0.717) is 44.1 Å². The Bertz CT molecular complexity index is 722. The highest BCUT2D eigenvalue weighted by Crippen LogP contribution is 2.20. The summed E-state index contributed by atoms with van der Waals surface area (Å²) in [7, 11) is 1.56. The molecule has 0 saturated carbocycles. The molecule has 1 aliphatic rings. The molecule has 7 heteroatoms. The van der Waals surface area contributed by atoms with Crippen LogP contribution in [0.1, 0.15) is 29.0 Å². The molecule has 0 bridgehead atoms. The predicted octanol–water partition coefficient (Wildman–Crippen LogP) is 1.85. The van der Waals surface area contributed by atoms with Crippen molar-refractivity contribution in [3.8, 4) is 5.88 Å². The van der Waals surface area contributed by atoms with Crippen LogP contribution in [0.25, 0.3) is 0 Å². The lowest BCUT2D eigenvalue weighted by Crippen LogP contribution is -2.42. The summed E-state index contributed by atoms with van der Waals surface area (Å²) in [4.78, 5) is 30.3. The molecule has 7 nitrogen and oxygen atoms in total. The maximum Gasteiger partial charge on any atom is 0.289 e. The Balaban J connectivity index is 1.47. The summed E-state index contributed by atoms with van der Waals surface area (Å²) < 4.78 is 10.2. The Morgan fingerprint density at radius 1 is 1.36 bits per heavy atom. The van der Waals surface area contributed by atoms with Gasteiger partial charge < -0.3 is 19.4 Å². The van der Waals surface area contributed by atoms with Crippen LogP contribution in [0.3, 0.4) is 0 Å². The van der Waals surface area contributed by atoms with Crippen LogP contribution in [0.15, 0.2) is 41.1 Å². The van der Waals surface area contributed by atoms with Gasteiger partial charge >= 0.3 is 0 Å². The first-order valence-corrected chi connectivity index (χ1v) is 8.27. The number of rotatable bonds is 5. The summed E-state index contributed by atoms with van der Waals surface area (Å²) in [5.41, 5.74) is 0.936. The number of nitrogens with zero attached hydrogens (tertiary/aromatic N) is 2. The number of aromatic nitrogens is 1. The first kappa shape index (κ1) is 17.0. The number of hydrogen-bond acceptors (Lipinski definition) is 5. The fourth-order valence-corrected chi connectivity index (χ4v) is 2.91. The summed E-state index contributed by atoms with van der Waals surface area (Å²) in [5, 5.41) is 2.95. The summed E-state index contributed by atoms with van der Waals surface area (Å²) in [6.07, 6.45) is 4.44. The smallest absolute Gasteiger partial charge is 0.289 e. The molecule has 1 N–H and O–H groups in total. The van der Waals surface area contributed by atoms with E-state index >= 15 is 0 Å². The third-order valence-corrected chi connectivity index (χ3v) is 4.36. The molecule has 25 heavy (non-hydrogen) atoms. The van der Waals surface area contributed by atoms with Crippen LogP contribution >= 0.6 is 0 Å². The van der Waals surface area contributed by atoms with E-state index in [1.807, 2.05) is 6.07 Å². The molecule has 0 unspecified atom stereocenters. The van der Waals surface area contributed by atoms with Crippen molar-refractivity contribution in [2.24, 2.45) is 5.92 Å². The number of pyridine rings is 1. The highest BCUT2D eigenvalue weighted by Gasteiger charge is 2.28. The van der Waals surface area contributed by atoms with Gasteiger partial charge in [-0.3, -0.25) is 9.59 Å². The number of methoxy groups -OCH3 is 1. The van der Waals surface area contributed by atoms with Crippen molar-refractivity contribution in [2.75, 3.05) is 20.2 Å². The second kappa shape index (κ2) is 7.83. The normalized spacial score (nSPS) is 15.0. The Morgan fingerprint density at radius 3 is 2.84 bits per heavy atom. The molecular formula is C18H21N3O4. The van der Waals surface area contributed by atoms with Crippen molar-refractivity contribution >= 4 is 11.8 Å². The van der Waals surface area contributed by atoms with E-state index < -0.39 is 0 Å². The Kier molecular flexibility index (Phi) is 5.33. The largest absolute Gasteiger partial charge is 0.481 e. The second-order valence-electron chi connectivity index (χ2n) is 5.97. The summed E-state index contributed by atoms with van der Waals surface area (Å²) in [5.74, 6) is 0.684. The number of furan rings is 1. The molecule has 2 aromatic rings. The van der Waals surface area contributed by atoms with E-state index in [0.717, 1.165) is 5.56 Å². The fraction of sp³-hybridized carbons (Fsp3) is 0.389. The first-order valence-electron chi connectivity index (χ1n) is 8.27. The van der Waals surface area contributed by atoms with Gasteiger partial charge in [0.1, 0.15) is 0 Å². The molecule has 2 aromatic heterocycles. The van der Waals surface area contributed by atoms with E-state index in [1.54, 1.807) is 36.4 Å². The zero-order valence-electron chi connectivity index (χ0n) is 14.1. The minimum Gasteiger partial charge on any atom is -0.481 e. The average molecular weight is 343 g/mol. The van der Waals surface area contributed by atoms with Crippen LogP contribution in [0.2, 0.25) is 0 Å². The van der Waals surface area contributed by atoms with E-state index in [4.69, 9.17) is 9.15 Å². The molecule has 2 amide bonds. The van der Waals surface area contributed by atoms with Gasteiger partial charge in [-0.15, -0.1) is 0 Å². The van der Waals surface area contributed by atoms with Crippen molar-refractivity contribution in [1.82, 2.24) is 15.2 Å². The molecule has 1 fully saturated rings. The molecule has 132 valence electrons. The second-order valence-corrected chi connectivity index (χ2v) is 5.97. The van der Waals surface area contributed by atoms with Crippen molar-refractivity contribution in [2.45, 2.75) is 19.4 Å². The van der Waals surface area contributed by atoms with Gasteiger partial charge in [0.15, 0.2) is 5.76 Å². The maximum atomic E-state index is 12.4. The maximum absolute atomic E-state index is 12.4. The van der Waals surface area contributed by atoms with E-state index in [9.17, 15) is 9.59 Å². The van der Waals surface area contributed by atoms with Gasteiger partial charge in [0.2, 0.25) is 11.8 Å².